The minimum absolute atomic E-state index is 0.0636. The van der Waals surface area contributed by atoms with Gasteiger partial charge in [0.1, 0.15) is 12.3 Å². The summed E-state index contributed by atoms with van der Waals surface area (Å²) in [6.45, 7) is 1.32. The highest BCUT2D eigenvalue weighted by molar-refractivity contribution is 8.00. The van der Waals surface area contributed by atoms with Crippen molar-refractivity contribution in [3.63, 3.8) is 0 Å². The summed E-state index contributed by atoms with van der Waals surface area (Å²) in [5.41, 5.74) is 0.00144. The fourth-order valence-corrected chi connectivity index (χ4v) is 4.05. The molecule has 0 saturated heterocycles. The number of nitrogens with zero attached hydrogens (tertiary/aromatic N) is 3. The van der Waals surface area contributed by atoms with Gasteiger partial charge >= 0.3 is 6.18 Å². The second-order valence-corrected chi connectivity index (χ2v) is 8.47. The number of ether oxygens (including phenoxy) is 1. The van der Waals surface area contributed by atoms with Crippen molar-refractivity contribution >= 4 is 35.0 Å². The van der Waals surface area contributed by atoms with Crippen LogP contribution in [-0.4, -0.2) is 45.9 Å². The molecule has 2 amide bonds. The van der Waals surface area contributed by atoms with Gasteiger partial charge in [-0.2, -0.15) is 13.2 Å². The normalized spacial score (nSPS) is 14.5. The van der Waals surface area contributed by atoms with Crippen molar-refractivity contribution in [3.05, 3.63) is 48.0 Å². The highest BCUT2D eigenvalue weighted by Crippen LogP contribution is 2.38. The van der Waals surface area contributed by atoms with E-state index in [1.165, 1.54) is 11.0 Å². The summed E-state index contributed by atoms with van der Waals surface area (Å²) in [4.78, 5) is 30.7. The summed E-state index contributed by atoms with van der Waals surface area (Å²) in [7, 11) is 1.57. The van der Waals surface area contributed by atoms with Gasteiger partial charge in [-0.05, 0) is 49.4 Å². The molecule has 3 aromatic rings. The Labute approximate surface area is 190 Å². The van der Waals surface area contributed by atoms with Gasteiger partial charge in [-0.1, -0.05) is 11.8 Å². The van der Waals surface area contributed by atoms with Crippen LogP contribution < -0.4 is 15.0 Å². The number of H-pyrrole nitrogens is 1. The Morgan fingerprint density at radius 1 is 1.21 bits per heavy atom. The molecular weight excluding hydrogens is 459 g/mol. The highest BCUT2D eigenvalue weighted by Gasteiger charge is 2.35. The van der Waals surface area contributed by atoms with E-state index in [0.29, 0.717) is 16.7 Å². The summed E-state index contributed by atoms with van der Waals surface area (Å²) in [5.74, 6) is 0.168. The van der Waals surface area contributed by atoms with Gasteiger partial charge in [0.25, 0.3) is 0 Å². The number of aromatic nitrogens is 3. The summed E-state index contributed by atoms with van der Waals surface area (Å²) < 4.78 is 44.2. The molecule has 2 N–H and O–H groups in total. The fourth-order valence-electron chi connectivity index (χ4n) is 3.27. The number of benzene rings is 2. The smallest absolute Gasteiger partial charge is 0.416 e. The number of aromatic amines is 1. The van der Waals surface area contributed by atoms with Gasteiger partial charge in [0.05, 0.1) is 29.3 Å². The van der Waals surface area contributed by atoms with Crippen molar-refractivity contribution in [2.24, 2.45) is 0 Å². The van der Waals surface area contributed by atoms with E-state index in [9.17, 15) is 22.8 Å². The highest BCUT2D eigenvalue weighted by atomic mass is 32.2. The van der Waals surface area contributed by atoms with Gasteiger partial charge in [-0.15, -0.1) is 5.10 Å². The zero-order valence-corrected chi connectivity index (χ0v) is 18.3. The summed E-state index contributed by atoms with van der Waals surface area (Å²) in [6, 6.07) is 10.1. The van der Waals surface area contributed by atoms with Crippen molar-refractivity contribution in [1.29, 1.82) is 0 Å². The van der Waals surface area contributed by atoms with Gasteiger partial charge < -0.3 is 10.1 Å². The number of alkyl halides is 3. The minimum atomic E-state index is -4.57. The molecule has 8 nitrogen and oxygen atoms in total. The van der Waals surface area contributed by atoms with E-state index in [1.807, 2.05) is 0 Å². The van der Waals surface area contributed by atoms with Crippen molar-refractivity contribution in [3.8, 4) is 17.1 Å². The third-order valence-corrected chi connectivity index (χ3v) is 5.86. The maximum atomic E-state index is 13.1. The van der Waals surface area contributed by atoms with Crippen molar-refractivity contribution in [2.45, 2.75) is 23.5 Å². The van der Waals surface area contributed by atoms with Crippen LogP contribution in [0.5, 0.6) is 5.75 Å². The number of methoxy groups -OCH3 is 1. The van der Waals surface area contributed by atoms with Crippen LogP contribution in [0.4, 0.5) is 24.5 Å². The number of halogens is 3. The first-order valence-electron chi connectivity index (χ1n) is 9.71. The van der Waals surface area contributed by atoms with Crippen LogP contribution in [0.1, 0.15) is 12.5 Å². The SMILES string of the molecule is COc1ccc(-c2nc(S[C@H](C)C(=O)N3CC(=O)Nc4cc(C(F)(F)F)ccc43)n[nH]2)cc1. The monoisotopic (exact) mass is 477 g/mol. The van der Waals surface area contributed by atoms with Gasteiger partial charge in [-0.25, -0.2) is 4.98 Å². The molecule has 0 spiro atoms. The first-order valence-corrected chi connectivity index (χ1v) is 10.6. The van der Waals surface area contributed by atoms with Gasteiger partial charge in [-0.3, -0.25) is 19.6 Å². The predicted octanol–water partition coefficient (Wildman–Crippen LogP) is 3.97. The van der Waals surface area contributed by atoms with E-state index in [4.69, 9.17) is 4.74 Å². The Bertz CT molecular complexity index is 1200. The van der Waals surface area contributed by atoms with Gasteiger partial charge in [0.15, 0.2) is 5.82 Å². The predicted molar refractivity (Wildman–Crippen MR) is 116 cm³/mol. The topological polar surface area (TPSA) is 100 Å². The largest absolute Gasteiger partial charge is 0.497 e. The molecule has 1 aliphatic heterocycles. The van der Waals surface area contributed by atoms with E-state index in [-0.39, 0.29) is 17.9 Å². The maximum absolute atomic E-state index is 13.1. The van der Waals surface area contributed by atoms with E-state index < -0.39 is 28.8 Å². The second kappa shape index (κ2) is 8.77. The average molecular weight is 477 g/mol. The molecule has 33 heavy (non-hydrogen) atoms. The molecule has 0 saturated carbocycles. The molecule has 0 radical (unpaired) electrons. The first-order chi connectivity index (χ1) is 15.7. The lowest BCUT2D eigenvalue weighted by molar-refractivity contribution is -0.137. The Kier molecular flexibility index (Phi) is 6.02. The number of nitrogens with one attached hydrogen (secondary N) is 2. The number of anilines is 2. The van der Waals surface area contributed by atoms with Crippen LogP contribution >= 0.6 is 11.8 Å². The van der Waals surface area contributed by atoms with E-state index in [2.05, 4.69) is 20.5 Å². The first kappa shape index (κ1) is 22.6. The average Bonchev–Trinajstić information content (AvgIpc) is 3.25. The van der Waals surface area contributed by atoms with Crippen LogP contribution in [-0.2, 0) is 15.8 Å². The molecule has 0 unspecified atom stereocenters. The number of carbonyl (C=O) groups is 2. The number of amides is 2. The number of fused-ring (bicyclic) bond motifs is 1. The van der Waals surface area contributed by atoms with Crippen molar-refractivity contribution < 1.29 is 27.5 Å². The molecule has 1 aliphatic rings. The number of hydrogen-bond donors (Lipinski definition) is 2. The number of thioether (sulfide) groups is 1. The Morgan fingerprint density at radius 2 is 1.94 bits per heavy atom. The number of rotatable bonds is 5. The summed E-state index contributed by atoms with van der Waals surface area (Å²) in [5, 5.41) is 8.94. The number of carbonyl (C=O) groups excluding carboxylic acids is 2. The molecular formula is C21H18F3N5O3S. The fraction of sp³-hybridized carbons (Fsp3) is 0.238. The molecule has 0 bridgehead atoms. The zero-order valence-electron chi connectivity index (χ0n) is 17.4. The second-order valence-electron chi connectivity index (χ2n) is 7.16. The summed E-state index contributed by atoms with van der Waals surface area (Å²) >= 11 is 1.07. The molecule has 1 atom stereocenters. The van der Waals surface area contributed by atoms with Gasteiger partial charge in [0, 0.05) is 5.56 Å². The lowest BCUT2D eigenvalue weighted by atomic mass is 10.1. The van der Waals surface area contributed by atoms with Crippen LogP contribution in [0, 0.1) is 0 Å². The molecule has 0 fully saturated rings. The molecule has 4 rings (SSSR count). The molecule has 2 heterocycles. The maximum Gasteiger partial charge on any atom is 0.416 e. The van der Waals surface area contributed by atoms with Gasteiger partial charge in [0.2, 0.25) is 17.0 Å². The minimum Gasteiger partial charge on any atom is -0.497 e. The Morgan fingerprint density at radius 3 is 2.61 bits per heavy atom. The van der Waals surface area contributed by atoms with Crippen molar-refractivity contribution in [2.75, 3.05) is 23.9 Å². The third kappa shape index (κ3) is 4.80. The Balaban J connectivity index is 1.51. The molecule has 0 aliphatic carbocycles. The number of hydrogen-bond acceptors (Lipinski definition) is 6. The third-order valence-electron chi connectivity index (χ3n) is 4.91. The van der Waals surface area contributed by atoms with Crippen LogP contribution in [0.3, 0.4) is 0 Å². The van der Waals surface area contributed by atoms with E-state index >= 15 is 0 Å². The molecule has 1 aromatic heterocycles. The molecule has 12 heteroatoms. The standard InChI is InChI=1S/C21H18F3N5O3S/c1-11(33-20-26-18(27-28-20)12-3-6-14(32-2)7-4-12)19(31)29-10-17(30)25-15-9-13(21(22,23)24)5-8-16(15)29/h3-9,11H,10H2,1-2H3,(H,25,30)(H,26,27,28)/t11-/m1/s1. The van der Waals surface area contributed by atoms with E-state index in [1.54, 1.807) is 38.3 Å². The Hall–Kier alpha value is -3.54. The van der Waals surface area contributed by atoms with Crippen LogP contribution in [0.2, 0.25) is 0 Å². The summed E-state index contributed by atoms with van der Waals surface area (Å²) in [6.07, 6.45) is -4.57. The molecule has 172 valence electrons. The van der Waals surface area contributed by atoms with E-state index in [0.717, 1.165) is 29.5 Å². The van der Waals surface area contributed by atoms with Crippen LogP contribution in [0.25, 0.3) is 11.4 Å². The lowest BCUT2D eigenvalue weighted by Gasteiger charge is -2.31. The zero-order chi connectivity index (χ0) is 23.8. The van der Waals surface area contributed by atoms with Crippen molar-refractivity contribution in [1.82, 2.24) is 15.2 Å². The molecule has 2 aromatic carbocycles. The van der Waals surface area contributed by atoms with Crippen LogP contribution in [0.15, 0.2) is 47.6 Å². The lowest BCUT2D eigenvalue weighted by Crippen LogP contribution is -2.45. The quantitative estimate of drug-likeness (QED) is 0.540.